The van der Waals surface area contributed by atoms with Gasteiger partial charge in [0.15, 0.2) is 11.6 Å². The van der Waals surface area contributed by atoms with Crippen LogP contribution in [0.2, 0.25) is 0 Å². The first kappa shape index (κ1) is 13.0. The predicted molar refractivity (Wildman–Crippen MR) is 77.3 cm³/mol. The lowest BCUT2D eigenvalue weighted by molar-refractivity contribution is 0.503. The van der Waals surface area contributed by atoms with E-state index in [1.807, 2.05) is 0 Å². The van der Waals surface area contributed by atoms with Gasteiger partial charge in [0, 0.05) is 12.4 Å². The molecule has 2 aromatic heterocycles. The quantitative estimate of drug-likeness (QED) is 0.647. The fourth-order valence-electron chi connectivity index (χ4n) is 2.90. The molecule has 22 heavy (non-hydrogen) atoms. The van der Waals surface area contributed by atoms with Crippen LogP contribution in [0.1, 0.15) is 5.69 Å². The highest BCUT2D eigenvalue weighted by Crippen LogP contribution is 2.39. The van der Waals surface area contributed by atoms with Crippen LogP contribution in [0.25, 0.3) is 15.7 Å². The van der Waals surface area contributed by atoms with E-state index in [4.69, 9.17) is 10.00 Å². The number of anilines is 1. The molecule has 4 rings (SSSR count). The summed E-state index contributed by atoms with van der Waals surface area (Å²) in [6, 6.07) is 0.855. The van der Waals surface area contributed by atoms with Crippen molar-refractivity contribution < 1.29 is 13.5 Å². The Kier molecular flexibility index (Phi) is 2.47. The van der Waals surface area contributed by atoms with Crippen molar-refractivity contribution in [1.82, 2.24) is 4.40 Å². The lowest BCUT2D eigenvalue weighted by atomic mass is 10.1. The molecule has 3 aromatic rings. The highest BCUT2D eigenvalue weighted by molar-refractivity contribution is 7.16. The van der Waals surface area contributed by atoms with E-state index in [9.17, 15) is 13.6 Å². The Morgan fingerprint density at radius 2 is 2.23 bits per heavy atom. The third kappa shape index (κ3) is 1.41. The molecule has 0 atom stereocenters. The van der Waals surface area contributed by atoms with Crippen molar-refractivity contribution in [2.75, 3.05) is 11.9 Å². The molecule has 8 heteroatoms. The molecule has 0 saturated heterocycles. The van der Waals surface area contributed by atoms with Crippen molar-refractivity contribution in [2.24, 2.45) is 0 Å². The number of nitriles is 1. The lowest BCUT2D eigenvalue weighted by Gasteiger charge is -2.27. The topological polar surface area (TPSA) is 57.7 Å². The minimum Gasteiger partial charge on any atom is -0.381 e. The maximum Gasteiger partial charge on any atom is 0.292 e. The summed E-state index contributed by atoms with van der Waals surface area (Å²) in [5, 5.41) is 10.5. The van der Waals surface area contributed by atoms with Gasteiger partial charge in [-0.25, -0.2) is 8.78 Å². The summed E-state index contributed by atoms with van der Waals surface area (Å²) in [5.74, 6) is -2.25. The maximum atomic E-state index is 14.2. The largest absolute Gasteiger partial charge is 0.381 e. The fourth-order valence-corrected chi connectivity index (χ4v) is 3.88. The first-order chi connectivity index (χ1) is 10.5. The summed E-state index contributed by atoms with van der Waals surface area (Å²) in [7, 11) is 1.63. The smallest absolute Gasteiger partial charge is 0.292 e. The summed E-state index contributed by atoms with van der Waals surface area (Å²) in [6.07, 6.45) is 1.47. The minimum absolute atomic E-state index is 0.0112. The van der Waals surface area contributed by atoms with E-state index >= 15 is 0 Å². The Balaban J connectivity index is 2.37. The van der Waals surface area contributed by atoms with Crippen molar-refractivity contribution in [3.8, 4) is 12.0 Å². The van der Waals surface area contributed by atoms with Crippen LogP contribution in [0, 0.1) is 23.2 Å². The Morgan fingerprint density at radius 3 is 2.95 bits per heavy atom. The van der Waals surface area contributed by atoms with Crippen LogP contribution in [0.15, 0.2) is 16.2 Å². The molecule has 0 bridgehead atoms. The average Bonchev–Trinajstić information content (AvgIpc) is 2.89. The van der Waals surface area contributed by atoms with E-state index in [0.29, 0.717) is 16.9 Å². The number of hydrogen-bond acceptors (Lipinski definition) is 5. The van der Waals surface area contributed by atoms with Gasteiger partial charge in [-0.15, -0.1) is 16.6 Å². The van der Waals surface area contributed by atoms with E-state index in [0.717, 1.165) is 11.8 Å². The first-order valence-electron chi connectivity index (χ1n) is 6.28. The molecular weight excluding hydrogens is 312 g/mol. The number of halogens is 2. The SMILES string of the molecule is CN1Cc2csc3c(OC#N)c(=O)c4cc(F)c(F)c1c4n23. The fraction of sp³-hybridized carbons (Fsp3) is 0.143. The van der Waals surface area contributed by atoms with Gasteiger partial charge in [0.2, 0.25) is 11.2 Å². The van der Waals surface area contributed by atoms with Crippen molar-refractivity contribution >= 4 is 32.8 Å². The van der Waals surface area contributed by atoms with Crippen LogP contribution in [-0.4, -0.2) is 11.4 Å². The van der Waals surface area contributed by atoms with Gasteiger partial charge in [-0.05, 0) is 6.07 Å². The van der Waals surface area contributed by atoms with Crippen LogP contribution in [0.3, 0.4) is 0 Å². The van der Waals surface area contributed by atoms with Crippen LogP contribution >= 0.6 is 11.3 Å². The molecule has 0 amide bonds. The molecule has 110 valence electrons. The van der Waals surface area contributed by atoms with E-state index in [1.165, 1.54) is 17.6 Å². The summed E-state index contributed by atoms with van der Waals surface area (Å²) in [4.78, 5) is 14.5. The number of pyridine rings is 1. The summed E-state index contributed by atoms with van der Waals surface area (Å²) in [5.41, 5.74) is 0.528. The van der Waals surface area contributed by atoms with Gasteiger partial charge in [-0.1, -0.05) is 0 Å². The Labute approximate surface area is 126 Å². The number of hydrogen-bond donors (Lipinski definition) is 0. The standard InChI is InChI=1S/C14H7F2N3O2S/c1-18-3-6-4-22-14-13(21-5-17)12(20)7-2-8(15)9(16)11(18)10(7)19(6)14/h2,4H,3H2,1H3. The van der Waals surface area contributed by atoms with Crippen molar-refractivity contribution in [1.29, 1.82) is 5.26 Å². The monoisotopic (exact) mass is 319 g/mol. The van der Waals surface area contributed by atoms with Crippen LogP contribution in [0.4, 0.5) is 14.5 Å². The van der Waals surface area contributed by atoms with E-state index < -0.39 is 17.1 Å². The van der Waals surface area contributed by atoms with Gasteiger partial charge in [-0.3, -0.25) is 9.20 Å². The second-order valence-corrected chi connectivity index (χ2v) is 5.85. The number of ether oxygens (including phenoxy) is 1. The Bertz CT molecular complexity index is 1060. The zero-order valence-corrected chi connectivity index (χ0v) is 12.0. The Hall–Kier alpha value is -2.66. The summed E-state index contributed by atoms with van der Waals surface area (Å²) in [6.45, 7) is 0.358. The minimum atomic E-state index is -1.10. The highest BCUT2D eigenvalue weighted by atomic mass is 32.1. The maximum absolute atomic E-state index is 14.2. The van der Waals surface area contributed by atoms with Gasteiger partial charge < -0.3 is 9.64 Å². The lowest BCUT2D eigenvalue weighted by Crippen LogP contribution is -2.26. The van der Waals surface area contributed by atoms with Crippen molar-refractivity contribution in [3.05, 3.63) is 39.0 Å². The number of rotatable bonds is 1. The van der Waals surface area contributed by atoms with Crippen LogP contribution < -0.4 is 15.1 Å². The number of aromatic nitrogens is 1. The van der Waals surface area contributed by atoms with Gasteiger partial charge in [-0.2, -0.15) is 0 Å². The molecule has 3 heterocycles. The number of benzene rings is 1. The van der Waals surface area contributed by atoms with E-state index in [1.54, 1.807) is 21.7 Å². The van der Waals surface area contributed by atoms with E-state index in [2.05, 4.69) is 0 Å². The highest BCUT2D eigenvalue weighted by Gasteiger charge is 2.29. The zero-order valence-electron chi connectivity index (χ0n) is 11.2. The van der Waals surface area contributed by atoms with Gasteiger partial charge >= 0.3 is 0 Å². The normalized spacial score (nSPS) is 13.1. The van der Waals surface area contributed by atoms with E-state index in [-0.39, 0.29) is 16.8 Å². The summed E-state index contributed by atoms with van der Waals surface area (Å²) < 4.78 is 34.5. The van der Waals surface area contributed by atoms with Crippen LogP contribution in [-0.2, 0) is 6.54 Å². The molecule has 0 spiro atoms. The summed E-state index contributed by atoms with van der Waals surface area (Å²) >= 11 is 1.22. The van der Waals surface area contributed by atoms with Gasteiger partial charge in [0.05, 0.1) is 23.1 Å². The molecule has 0 radical (unpaired) electrons. The third-order valence-corrected chi connectivity index (χ3v) is 4.74. The number of thiazole rings is 1. The second-order valence-electron chi connectivity index (χ2n) is 4.99. The van der Waals surface area contributed by atoms with Crippen molar-refractivity contribution in [2.45, 2.75) is 6.54 Å². The predicted octanol–water partition coefficient (Wildman–Crippen LogP) is 2.60. The molecule has 0 saturated carbocycles. The molecule has 1 aromatic carbocycles. The van der Waals surface area contributed by atoms with Crippen molar-refractivity contribution in [3.63, 3.8) is 0 Å². The average molecular weight is 319 g/mol. The molecule has 0 unspecified atom stereocenters. The molecule has 0 fully saturated rings. The zero-order chi connectivity index (χ0) is 15.6. The number of nitrogens with zero attached hydrogens (tertiary/aromatic N) is 3. The molecule has 1 aliphatic rings. The van der Waals surface area contributed by atoms with Gasteiger partial charge in [0.1, 0.15) is 10.5 Å². The Morgan fingerprint density at radius 1 is 1.45 bits per heavy atom. The molecular formula is C14H7F2N3O2S. The van der Waals surface area contributed by atoms with Gasteiger partial charge in [0.25, 0.3) is 6.26 Å². The first-order valence-corrected chi connectivity index (χ1v) is 7.16. The molecule has 5 nitrogen and oxygen atoms in total. The molecule has 0 aliphatic carbocycles. The molecule has 0 N–H and O–H groups in total. The van der Waals surface area contributed by atoms with Crippen LogP contribution in [0.5, 0.6) is 5.75 Å². The molecule has 1 aliphatic heterocycles. The second kappa shape index (κ2) is 4.18. The third-order valence-electron chi connectivity index (χ3n) is 3.76.